The molecule has 0 saturated heterocycles. The van der Waals surface area contributed by atoms with Crippen LogP contribution in [0.1, 0.15) is 23.8 Å². The maximum atomic E-state index is 11.1. The van der Waals surface area contributed by atoms with E-state index in [0.29, 0.717) is 6.42 Å². The van der Waals surface area contributed by atoms with E-state index >= 15 is 0 Å². The van der Waals surface area contributed by atoms with E-state index in [1.54, 1.807) is 11.3 Å². The number of nitrogens with zero attached hydrogens (tertiary/aromatic N) is 2. The Morgan fingerprint density at radius 2 is 2.22 bits per heavy atom. The molecule has 1 atom stereocenters. The van der Waals surface area contributed by atoms with Gasteiger partial charge in [0.05, 0.1) is 0 Å². The SMILES string of the molecule is CC[C@H](Sc1ncnc2sc(C)c(C)c12)C(=O)O. The smallest absolute Gasteiger partial charge is 0.317 e. The minimum Gasteiger partial charge on any atom is -0.480 e. The van der Waals surface area contributed by atoms with Crippen molar-refractivity contribution in [1.82, 2.24) is 9.97 Å². The molecule has 2 aromatic rings. The maximum absolute atomic E-state index is 11.1. The van der Waals surface area contributed by atoms with Crippen molar-refractivity contribution in [2.24, 2.45) is 0 Å². The first-order valence-electron chi connectivity index (χ1n) is 5.64. The molecular weight excluding hydrogens is 268 g/mol. The summed E-state index contributed by atoms with van der Waals surface area (Å²) < 4.78 is 0. The first-order chi connectivity index (χ1) is 8.54. The van der Waals surface area contributed by atoms with Crippen LogP contribution in [0.3, 0.4) is 0 Å². The van der Waals surface area contributed by atoms with E-state index < -0.39 is 11.2 Å². The lowest BCUT2D eigenvalue weighted by atomic mass is 10.2. The van der Waals surface area contributed by atoms with Gasteiger partial charge in [-0.3, -0.25) is 4.79 Å². The molecule has 2 aromatic heterocycles. The maximum Gasteiger partial charge on any atom is 0.317 e. The molecule has 2 heterocycles. The highest BCUT2D eigenvalue weighted by molar-refractivity contribution is 8.00. The van der Waals surface area contributed by atoms with Crippen molar-refractivity contribution in [1.29, 1.82) is 0 Å². The van der Waals surface area contributed by atoms with Crippen molar-refractivity contribution < 1.29 is 9.90 Å². The molecule has 4 nitrogen and oxygen atoms in total. The largest absolute Gasteiger partial charge is 0.480 e. The van der Waals surface area contributed by atoms with E-state index in [4.69, 9.17) is 5.11 Å². The lowest BCUT2D eigenvalue weighted by molar-refractivity contribution is -0.136. The Morgan fingerprint density at radius 1 is 1.50 bits per heavy atom. The second-order valence-corrected chi connectivity index (χ2v) is 6.39. The van der Waals surface area contributed by atoms with Crippen molar-refractivity contribution in [3.05, 3.63) is 16.8 Å². The minimum absolute atomic E-state index is 0.456. The van der Waals surface area contributed by atoms with Crippen LogP contribution in [0.2, 0.25) is 0 Å². The number of carboxylic acids is 1. The average molecular weight is 282 g/mol. The molecular formula is C12H14N2O2S2. The molecule has 0 bridgehead atoms. The Bertz CT molecular complexity index is 595. The molecule has 0 aromatic carbocycles. The monoisotopic (exact) mass is 282 g/mol. The van der Waals surface area contributed by atoms with E-state index in [-0.39, 0.29) is 0 Å². The number of hydrogen-bond donors (Lipinski definition) is 1. The Kier molecular flexibility index (Phi) is 3.87. The Hall–Kier alpha value is -1.14. The van der Waals surface area contributed by atoms with Crippen LogP contribution in [-0.2, 0) is 4.79 Å². The van der Waals surface area contributed by atoms with Crippen LogP contribution >= 0.6 is 23.1 Å². The topological polar surface area (TPSA) is 63.1 Å². The highest BCUT2D eigenvalue weighted by atomic mass is 32.2. The van der Waals surface area contributed by atoms with Crippen molar-refractivity contribution in [3.63, 3.8) is 0 Å². The van der Waals surface area contributed by atoms with Crippen molar-refractivity contribution >= 4 is 39.3 Å². The molecule has 0 fully saturated rings. The summed E-state index contributed by atoms with van der Waals surface area (Å²) in [6, 6.07) is 0. The zero-order valence-corrected chi connectivity index (χ0v) is 12.1. The number of aryl methyl sites for hydroxylation is 2. The van der Waals surface area contributed by atoms with Crippen LogP contribution in [0.15, 0.2) is 11.4 Å². The van der Waals surface area contributed by atoms with Crippen molar-refractivity contribution in [3.8, 4) is 0 Å². The predicted octanol–water partition coefficient (Wildman–Crippen LogP) is 3.26. The zero-order valence-electron chi connectivity index (χ0n) is 10.4. The number of aliphatic carboxylic acids is 1. The zero-order chi connectivity index (χ0) is 13.3. The lowest BCUT2D eigenvalue weighted by Crippen LogP contribution is -2.15. The Balaban J connectivity index is 2.47. The summed E-state index contributed by atoms with van der Waals surface area (Å²) in [6.45, 7) is 5.95. The molecule has 0 aliphatic carbocycles. The fourth-order valence-electron chi connectivity index (χ4n) is 1.68. The highest BCUT2D eigenvalue weighted by Crippen LogP contribution is 2.36. The fourth-order valence-corrected chi connectivity index (χ4v) is 3.76. The van der Waals surface area contributed by atoms with E-state index in [2.05, 4.69) is 9.97 Å². The standard InChI is InChI=1S/C12H14N2O2S2/c1-4-8(12(15)16)18-11-9-6(2)7(3)17-10(9)13-5-14-11/h5,8H,4H2,1-3H3,(H,15,16)/t8-/m0/s1. The third kappa shape index (κ3) is 2.35. The van der Waals surface area contributed by atoms with Gasteiger partial charge in [-0.05, 0) is 25.8 Å². The van der Waals surface area contributed by atoms with Gasteiger partial charge in [0.2, 0.25) is 0 Å². The second kappa shape index (κ2) is 5.24. The molecule has 96 valence electrons. The minimum atomic E-state index is -0.793. The van der Waals surface area contributed by atoms with Gasteiger partial charge in [0.25, 0.3) is 0 Å². The molecule has 0 spiro atoms. The number of aromatic nitrogens is 2. The number of fused-ring (bicyclic) bond motifs is 1. The van der Waals surface area contributed by atoms with Gasteiger partial charge >= 0.3 is 5.97 Å². The van der Waals surface area contributed by atoms with E-state index in [9.17, 15) is 4.79 Å². The molecule has 6 heteroatoms. The number of thioether (sulfide) groups is 1. The van der Waals surface area contributed by atoms with Gasteiger partial charge in [0.15, 0.2) is 0 Å². The first kappa shape index (κ1) is 13.3. The average Bonchev–Trinajstić information content (AvgIpc) is 2.62. The molecule has 0 amide bonds. The molecule has 0 aliphatic heterocycles. The summed E-state index contributed by atoms with van der Waals surface area (Å²) in [6.07, 6.45) is 2.09. The van der Waals surface area contributed by atoms with Crippen LogP contribution in [0.4, 0.5) is 0 Å². The van der Waals surface area contributed by atoms with Crippen molar-refractivity contribution in [2.75, 3.05) is 0 Å². The van der Waals surface area contributed by atoms with Crippen LogP contribution < -0.4 is 0 Å². The van der Waals surface area contributed by atoms with Crippen molar-refractivity contribution in [2.45, 2.75) is 37.5 Å². The number of hydrogen-bond acceptors (Lipinski definition) is 5. The summed E-state index contributed by atoms with van der Waals surface area (Å²) in [4.78, 5) is 21.7. The van der Waals surface area contributed by atoms with Gasteiger partial charge in [-0.1, -0.05) is 18.7 Å². The summed E-state index contributed by atoms with van der Waals surface area (Å²) in [5.41, 5.74) is 1.15. The van der Waals surface area contributed by atoms with E-state index in [0.717, 1.165) is 20.8 Å². The molecule has 0 radical (unpaired) electrons. The van der Waals surface area contributed by atoms with Crippen LogP contribution in [0.5, 0.6) is 0 Å². The fraction of sp³-hybridized carbons (Fsp3) is 0.417. The normalized spacial score (nSPS) is 12.8. The number of thiophene rings is 1. The second-order valence-electron chi connectivity index (χ2n) is 4.00. The Morgan fingerprint density at radius 3 is 2.83 bits per heavy atom. The number of carbonyl (C=O) groups is 1. The summed E-state index contributed by atoms with van der Waals surface area (Å²) in [7, 11) is 0. The molecule has 0 unspecified atom stereocenters. The van der Waals surface area contributed by atoms with Crippen LogP contribution in [0, 0.1) is 13.8 Å². The molecule has 0 aliphatic rings. The highest BCUT2D eigenvalue weighted by Gasteiger charge is 2.20. The first-order valence-corrected chi connectivity index (χ1v) is 7.34. The molecule has 0 saturated carbocycles. The van der Waals surface area contributed by atoms with Crippen LogP contribution in [0.25, 0.3) is 10.2 Å². The quantitative estimate of drug-likeness (QED) is 0.689. The third-order valence-electron chi connectivity index (χ3n) is 2.83. The molecule has 2 rings (SSSR count). The van der Waals surface area contributed by atoms with Gasteiger partial charge in [-0.25, -0.2) is 9.97 Å². The van der Waals surface area contributed by atoms with Crippen LogP contribution in [-0.4, -0.2) is 26.3 Å². The van der Waals surface area contributed by atoms with Gasteiger partial charge in [0.1, 0.15) is 21.4 Å². The Labute approximate surface area is 113 Å². The molecule has 18 heavy (non-hydrogen) atoms. The summed E-state index contributed by atoms with van der Waals surface area (Å²) in [5.74, 6) is -0.793. The van der Waals surface area contributed by atoms with Gasteiger partial charge < -0.3 is 5.11 Å². The number of rotatable bonds is 4. The molecule has 1 N–H and O–H groups in total. The number of carboxylic acid groups (broad SMARTS) is 1. The van der Waals surface area contributed by atoms with E-state index in [1.807, 2.05) is 20.8 Å². The third-order valence-corrected chi connectivity index (χ3v) is 5.30. The van der Waals surface area contributed by atoms with Gasteiger partial charge in [0, 0.05) is 10.3 Å². The lowest BCUT2D eigenvalue weighted by Gasteiger charge is -2.09. The summed E-state index contributed by atoms with van der Waals surface area (Å²) >= 11 is 2.93. The van der Waals surface area contributed by atoms with Gasteiger partial charge in [-0.15, -0.1) is 11.3 Å². The predicted molar refractivity (Wildman–Crippen MR) is 74.5 cm³/mol. The summed E-state index contributed by atoms with van der Waals surface area (Å²) in [5, 5.41) is 10.4. The van der Waals surface area contributed by atoms with E-state index in [1.165, 1.54) is 23.0 Å². The van der Waals surface area contributed by atoms with Gasteiger partial charge in [-0.2, -0.15) is 0 Å².